The molecule has 0 radical (unpaired) electrons. The summed E-state index contributed by atoms with van der Waals surface area (Å²) >= 11 is 1.90. The van der Waals surface area contributed by atoms with Gasteiger partial charge in [-0.05, 0) is 56.9 Å². The highest BCUT2D eigenvalue weighted by molar-refractivity contribution is 7.19. The molecular weight excluding hydrogens is 394 g/mol. The molecule has 0 spiro atoms. The smallest absolute Gasteiger partial charge is 0.141 e. The highest BCUT2D eigenvalue weighted by Crippen LogP contribution is 2.45. The molecular formula is C23H29N5OS. The van der Waals surface area contributed by atoms with Crippen LogP contribution in [0.15, 0.2) is 12.4 Å². The fraction of sp³-hybridized carbons (Fsp3) is 0.609. The van der Waals surface area contributed by atoms with E-state index in [1.165, 1.54) is 52.8 Å². The highest BCUT2D eigenvalue weighted by atomic mass is 32.1. The third-order valence-corrected chi connectivity index (χ3v) is 8.27. The van der Waals surface area contributed by atoms with E-state index in [1.807, 2.05) is 29.1 Å². The number of aryl methyl sites for hydroxylation is 3. The van der Waals surface area contributed by atoms with Gasteiger partial charge in [-0.3, -0.25) is 0 Å². The molecule has 30 heavy (non-hydrogen) atoms. The predicted octanol–water partition coefficient (Wildman–Crippen LogP) is 4.13. The maximum Gasteiger partial charge on any atom is 0.141 e. The van der Waals surface area contributed by atoms with Crippen LogP contribution in [-0.4, -0.2) is 37.7 Å². The molecule has 2 atom stereocenters. The molecule has 4 heterocycles. The molecule has 2 fully saturated rings. The van der Waals surface area contributed by atoms with Crippen LogP contribution in [0, 0.1) is 5.92 Å². The molecule has 0 bridgehead atoms. The lowest BCUT2D eigenvalue weighted by Gasteiger charge is -2.36. The molecule has 6 rings (SSSR count). The number of anilines is 1. The fourth-order valence-corrected chi connectivity index (χ4v) is 6.50. The average Bonchev–Trinajstić information content (AvgIpc) is 3.44. The Labute approximate surface area is 181 Å². The largest absolute Gasteiger partial charge is 0.385 e. The van der Waals surface area contributed by atoms with Crippen LogP contribution < -0.4 is 4.90 Å². The summed E-state index contributed by atoms with van der Waals surface area (Å²) in [6.07, 6.45) is 12.6. The molecule has 3 aromatic heterocycles. The number of aliphatic hydroxyl groups excluding tert-OH is 1. The zero-order valence-corrected chi connectivity index (χ0v) is 18.4. The van der Waals surface area contributed by atoms with Crippen molar-refractivity contribution in [1.82, 2.24) is 19.5 Å². The number of fused-ring (bicyclic) bond motifs is 3. The lowest BCUT2D eigenvalue weighted by atomic mass is 9.91. The number of thiophene rings is 1. The summed E-state index contributed by atoms with van der Waals surface area (Å²) in [5, 5.41) is 12.4. The molecule has 2 unspecified atom stereocenters. The molecule has 3 aromatic rings. The molecule has 1 N–H and O–H groups in total. The third kappa shape index (κ3) is 3.14. The quantitative estimate of drug-likeness (QED) is 0.683. The van der Waals surface area contributed by atoms with E-state index in [4.69, 9.17) is 9.97 Å². The van der Waals surface area contributed by atoms with Crippen molar-refractivity contribution in [3.8, 4) is 0 Å². The minimum absolute atomic E-state index is 0.170. The number of aliphatic hydroxyl groups is 1. The Hall–Kier alpha value is -1.99. The zero-order valence-electron chi connectivity index (χ0n) is 17.5. The molecule has 1 aliphatic heterocycles. The Morgan fingerprint density at radius 1 is 1.13 bits per heavy atom. The standard InChI is InChI=1S/C23H29N5OS/c1-27-12-10-24-22(27)19(29)15-5-4-11-28(13-15)21-18-16-6-2-3-7-17(16)30-23(18)26-20(25-21)14-8-9-14/h10,12,14-15,19,29H,2-9,11,13H2,1H3. The van der Waals surface area contributed by atoms with Crippen molar-refractivity contribution in [3.05, 3.63) is 34.5 Å². The Balaban J connectivity index is 1.39. The summed E-state index contributed by atoms with van der Waals surface area (Å²) in [5.74, 6) is 3.66. The molecule has 1 saturated carbocycles. The third-order valence-electron chi connectivity index (χ3n) is 7.08. The van der Waals surface area contributed by atoms with Gasteiger partial charge in [0.05, 0.1) is 5.39 Å². The van der Waals surface area contributed by atoms with Crippen LogP contribution in [-0.2, 0) is 19.9 Å². The monoisotopic (exact) mass is 423 g/mol. The van der Waals surface area contributed by atoms with Crippen molar-refractivity contribution < 1.29 is 5.11 Å². The normalized spacial score (nSPS) is 23.0. The summed E-state index contributed by atoms with van der Waals surface area (Å²) in [5.41, 5.74) is 1.50. The second-order valence-corrected chi connectivity index (χ2v) is 10.3. The molecule has 3 aliphatic rings. The van der Waals surface area contributed by atoms with Crippen molar-refractivity contribution in [2.45, 2.75) is 63.4 Å². The molecule has 1 saturated heterocycles. The SMILES string of the molecule is Cn1ccnc1C(O)C1CCCN(c2nc(C3CC3)nc3sc4c(c23)CCCC4)C1. The molecule has 2 aliphatic carbocycles. The number of nitrogens with zero attached hydrogens (tertiary/aromatic N) is 5. The Morgan fingerprint density at radius 2 is 2.00 bits per heavy atom. The number of hydrogen-bond donors (Lipinski definition) is 1. The van der Waals surface area contributed by atoms with E-state index in [2.05, 4.69) is 9.88 Å². The minimum Gasteiger partial charge on any atom is -0.385 e. The number of aromatic nitrogens is 4. The zero-order chi connectivity index (χ0) is 20.2. The summed E-state index contributed by atoms with van der Waals surface area (Å²) in [4.78, 5) is 19.8. The summed E-state index contributed by atoms with van der Waals surface area (Å²) < 4.78 is 1.94. The first-order valence-electron chi connectivity index (χ1n) is 11.4. The van der Waals surface area contributed by atoms with Gasteiger partial charge in [-0.2, -0.15) is 0 Å². The Bertz CT molecular complexity index is 1080. The van der Waals surface area contributed by atoms with E-state index >= 15 is 0 Å². The van der Waals surface area contributed by atoms with Gasteiger partial charge in [-0.15, -0.1) is 11.3 Å². The van der Waals surface area contributed by atoms with E-state index in [0.29, 0.717) is 5.92 Å². The highest BCUT2D eigenvalue weighted by Gasteiger charge is 2.34. The van der Waals surface area contributed by atoms with Crippen LogP contribution in [0.1, 0.15) is 72.6 Å². The minimum atomic E-state index is -0.538. The van der Waals surface area contributed by atoms with Crippen molar-refractivity contribution >= 4 is 27.4 Å². The van der Waals surface area contributed by atoms with Gasteiger partial charge in [0.1, 0.15) is 28.4 Å². The number of rotatable bonds is 4. The van der Waals surface area contributed by atoms with Gasteiger partial charge < -0.3 is 14.6 Å². The predicted molar refractivity (Wildman–Crippen MR) is 119 cm³/mol. The van der Waals surface area contributed by atoms with Crippen LogP contribution >= 0.6 is 11.3 Å². The molecule has 0 amide bonds. The van der Waals surface area contributed by atoms with Gasteiger partial charge in [0, 0.05) is 49.2 Å². The first-order valence-corrected chi connectivity index (χ1v) is 12.2. The first-order chi connectivity index (χ1) is 14.7. The van der Waals surface area contributed by atoms with Crippen molar-refractivity contribution in [3.63, 3.8) is 0 Å². The van der Waals surface area contributed by atoms with Crippen molar-refractivity contribution in [1.29, 1.82) is 0 Å². The van der Waals surface area contributed by atoms with E-state index in [-0.39, 0.29) is 5.92 Å². The maximum atomic E-state index is 11.1. The van der Waals surface area contributed by atoms with Gasteiger partial charge in [-0.1, -0.05) is 0 Å². The number of piperidine rings is 1. The molecule has 7 heteroatoms. The lowest BCUT2D eigenvalue weighted by Crippen LogP contribution is -2.39. The Kier molecular flexibility index (Phi) is 4.57. The van der Waals surface area contributed by atoms with Crippen LogP contribution in [0.4, 0.5) is 5.82 Å². The number of imidazole rings is 1. The van der Waals surface area contributed by atoms with Gasteiger partial charge >= 0.3 is 0 Å². The van der Waals surface area contributed by atoms with Crippen molar-refractivity contribution in [2.75, 3.05) is 18.0 Å². The van der Waals surface area contributed by atoms with E-state index in [1.54, 1.807) is 6.20 Å². The van der Waals surface area contributed by atoms with Crippen LogP contribution in [0.25, 0.3) is 10.2 Å². The van der Waals surface area contributed by atoms with E-state index in [9.17, 15) is 5.11 Å². The van der Waals surface area contributed by atoms with Gasteiger partial charge in [0.2, 0.25) is 0 Å². The number of hydrogen-bond acceptors (Lipinski definition) is 6. The maximum absolute atomic E-state index is 11.1. The first kappa shape index (κ1) is 18.8. The van der Waals surface area contributed by atoms with Gasteiger partial charge in [-0.25, -0.2) is 15.0 Å². The lowest BCUT2D eigenvalue weighted by molar-refractivity contribution is 0.0874. The second kappa shape index (κ2) is 7.31. The van der Waals surface area contributed by atoms with E-state index < -0.39 is 6.10 Å². The molecule has 158 valence electrons. The van der Waals surface area contributed by atoms with Gasteiger partial charge in [0.25, 0.3) is 0 Å². The van der Waals surface area contributed by atoms with E-state index in [0.717, 1.165) is 49.8 Å². The molecule has 6 nitrogen and oxygen atoms in total. The Morgan fingerprint density at radius 3 is 2.80 bits per heavy atom. The second-order valence-electron chi connectivity index (χ2n) is 9.26. The fourth-order valence-electron chi connectivity index (χ4n) is 5.24. The van der Waals surface area contributed by atoms with Crippen LogP contribution in [0.5, 0.6) is 0 Å². The van der Waals surface area contributed by atoms with Gasteiger partial charge in [0.15, 0.2) is 0 Å². The summed E-state index contributed by atoms with van der Waals surface area (Å²) in [6, 6.07) is 0. The topological polar surface area (TPSA) is 67.1 Å². The van der Waals surface area contributed by atoms with Crippen LogP contribution in [0.3, 0.4) is 0 Å². The summed E-state index contributed by atoms with van der Waals surface area (Å²) in [7, 11) is 1.96. The van der Waals surface area contributed by atoms with Crippen LogP contribution in [0.2, 0.25) is 0 Å². The van der Waals surface area contributed by atoms with Crippen molar-refractivity contribution in [2.24, 2.45) is 13.0 Å². The average molecular weight is 424 g/mol. The summed E-state index contributed by atoms with van der Waals surface area (Å²) in [6.45, 7) is 1.83. The molecule has 0 aromatic carbocycles.